The number of carbonyl (C=O) groups is 1. The number of fused-ring (bicyclic) bond motifs is 1. The van der Waals surface area contributed by atoms with Gasteiger partial charge >= 0.3 is 0 Å². The molecule has 0 bridgehead atoms. The fourth-order valence-electron chi connectivity index (χ4n) is 3.82. The Kier molecular flexibility index (Phi) is 4.34. The second kappa shape index (κ2) is 6.16. The van der Waals surface area contributed by atoms with Gasteiger partial charge in [-0.25, -0.2) is 0 Å². The van der Waals surface area contributed by atoms with Crippen LogP contribution in [-0.2, 0) is 11.2 Å². The van der Waals surface area contributed by atoms with Crippen molar-refractivity contribution in [3.8, 4) is 11.5 Å². The molecule has 1 fully saturated rings. The van der Waals surface area contributed by atoms with Gasteiger partial charge in [-0.3, -0.25) is 4.79 Å². The molecule has 1 atom stereocenters. The fraction of sp³-hybridized carbons (Fsp3) is 0.611. The molecule has 6 heteroatoms. The molecule has 1 aromatic carbocycles. The van der Waals surface area contributed by atoms with Crippen molar-refractivity contribution in [3.63, 3.8) is 0 Å². The Hall–Kier alpha value is -1.95. The van der Waals surface area contributed by atoms with Gasteiger partial charge in [0.2, 0.25) is 5.91 Å². The standard InChI is InChI=1S/C18H26N2O4/c1-18(2,24)10-11-3-5-20(6-4-11)17(23)14-7-12-8-15(21)16(22)9-13(12)19-14/h8-9,11,14,19,21-22,24H,3-7,10H2,1-2H3. The second-order valence-corrected chi connectivity index (χ2v) is 7.68. The van der Waals surface area contributed by atoms with E-state index < -0.39 is 5.60 Å². The van der Waals surface area contributed by atoms with E-state index in [0.29, 0.717) is 31.1 Å². The number of amides is 1. The Bertz CT molecular complexity index is 600. The summed E-state index contributed by atoms with van der Waals surface area (Å²) in [6.45, 7) is 5.08. The predicted molar refractivity (Wildman–Crippen MR) is 91.1 cm³/mol. The lowest BCUT2D eigenvalue weighted by atomic mass is 9.86. The average Bonchev–Trinajstić information content (AvgIpc) is 2.89. The first-order valence-corrected chi connectivity index (χ1v) is 8.55. The topological polar surface area (TPSA) is 93.0 Å². The van der Waals surface area contributed by atoms with Crippen LogP contribution in [-0.4, -0.2) is 50.9 Å². The molecule has 0 aromatic heterocycles. The lowest BCUT2D eigenvalue weighted by molar-refractivity contribution is -0.133. The molecule has 1 unspecified atom stereocenters. The smallest absolute Gasteiger partial charge is 0.245 e. The van der Waals surface area contributed by atoms with Crippen molar-refractivity contribution in [2.24, 2.45) is 5.92 Å². The van der Waals surface area contributed by atoms with Crippen LogP contribution in [0.5, 0.6) is 11.5 Å². The number of nitrogens with one attached hydrogen (secondary N) is 1. The van der Waals surface area contributed by atoms with E-state index in [-0.39, 0.29) is 23.4 Å². The minimum Gasteiger partial charge on any atom is -0.504 e. The van der Waals surface area contributed by atoms with E-state index in [1.165, 1.54) is 12.1 Å². The van der Waals surface area contributed by atoms with Crippen LogP contribution in [0.4, 0.5) is 5.69 Å². The number of nitrogens with zero attached hydrogens (tertiary/aromatic N) is 1. The summed E-state index contributed by atoms with van der Waals surface area (Å²) in [6, 6.07) is 2.64. The van der Waals surface area contributed by atoms with E-state index in [1.54, 1.807) is 0 Å². The summed E-state index contributed by atoms with van der Waals surface area (Å²) < 4.78 is 0. The number of rotatable bonds is 3. The molecule has 1 aromatic rings. The van der Waals surface area contributed by atoms with Crippen molar-refractivity contribution < 1.29 is 20.1 Å². The van der Waals surface area contributed by atoms with Crippen LogP contribution in [0.3, 0.4) is 0 Å². The van der Waals surface area contributed by atoms with Crippen molar-refractivity contribution in [3.05, 3.63) is 17.7 Å². The third kappa shape index (κ3) is 3.59. The SMILES string of the molecule is CC(C)(O)CC1CCN(C(=O)C2Cc3cc(O)c(O)cc3N2)CC1. The Morgan fingerprint density at radius 2 is 1.88 bits per heavy atom. The van der Waals surface area contributed by atoms with Crippen LogP contribution < -0.4 is 5.32 Å². The highest BCUT2D eigenvalue weighted by atomic mass is 16.3. The highest BCUT2D eigenvalue weighted by Gasteiger charge is 2.33. The summed E-state index contributed by atoms with van der Waals surface area (Å²) >= 11 is 0. The highest BCUT2D eigenvalue weighted by Crippen LogP contribution is 2.36. The van der Waals surface area contributed by atoms with Gasteiger partial charge in [0.25, 0.3) is 0 Å². The molecule has 3 rings (SSSR count). The van der Waals surface area contributed by atoms with Gasteiger partial charge in [0.1, 0.15) is 6.04 Å². The van der Waals surface area contributed by atoms with Gasteiger partial charge in [0.05, 0.1) is 5.60 Å². The van der Waals surface area contributed by atoms with Gasteiger partial charge < -0.3 is 25.5 Å². The third-order valence-electron chi connectivity index (χ3n) is 4.97. The first-order valence-electron chi connectivity index (χ1n) is 8.55. The lowest BCUT2D eigenvalue weighted by Crippen LogP contribution is -2.46. The lowest BCUT2D eigenvalue weighted by Gasteiger charge is -2.35. The van der Waals surface area contributed by atoms with Crippen LogP contribution >= 0.6 is 0 Å². The number of piperidine rings is 1. The van der Waals surface area contributed by atoms with Crippen LogP contribution in [0, 0.1) is 5.92 Å². The highest BCUT2D eigenvalue weighted by molar-refractivity contribution is 5.88. The Labute approximate surface area is 142 Å². The van der Waals surface area contributed by atoms with Gasteiger partial charge in [-0.15, -0.1) is 0 Å². The fourth-order valence-corrected chi connectivity index (χ4v) is 3.82. The number of carbonyl (C=O) groups excluding carboxylic acids is 1. The summed E-state index contributed by atoms with van der Waals surface area (Å²) in [5.41, 5.74) is 0.899. The summed E-state index contributed by atoms with van der Waals surface area (Å²) in [5, 5.41) is 32.2. The van der Waals surface area contributed by atoms with Crippen molar-refractivity contribution in [2.45, 2.75) is 51.2 Å². The predicted octanol–water partition coefficient (Wildman–Crippen LogP) is 1.83. The van der Waals surface area contributed by atoms with Crippen LogP contribution in [0.15, 0.2) is 12.1 Å². The minimum atomic E-state index is -0.657. The Balaban J connectivity index is 1.57. The zero-order valence-electron chi connectivity index (χ0n) is 14.2. The quantitative estimate of drug-likeness (QED) is 0.500. The van der Waals surface area contributed by atoms with Crippen molar-refractivity contribution in [2.75, 3.05) is 18.4 Å². The third-order valence-corrected chi connectivity index (χ3v) is 4.97. The molecule has 6 nitrogen and oxygen atoms in total. The zero-order valence-corrected chi connectivity index (χ0v) is 14.2. The number of anilines is 1. The van der Waals surface area contributed by atoms with Crippen molar-refractivity contribution in [1.82, 2.24) is 4.90 Å². The molecule has 0 aliphatic carbocycles. The molecule has 2 aliphatic rings. The van der Waals surface area contributed by atoms with Crippen molar-refractivity contribution in [1.29, 1.82) is 0 Å². The Morgan fingerprint density at radius 3 is 2.50 bits per heavy atom. The molecule has 0 saturated carbocycles. The largest absolute Gasteiger partial charge is 0.504 e. The molecular formula is C18H26N2O4. The summed E-state index contributed by atoms with van der Waals surface area (Å²) in [7, 11) is 0. The zero-order chi connectivity index (χ0) is 17.5. The molecule has 0 spiro atoms. The normalized spacial score (nSPS) is 21.5. The van der Waals surface area contributed by atoms with E-state index in [0.717, 1.165) is 24.8 Å². The van der Waals surface area contributed by atoms with E-state index in [9.17, 15) is 20.1 Å². The van der Waals surface area contributed by atoms with Crippen LogP contribution in [0.2, 0.25) is 0 Å². The molecule has 0 radical (unpaired) electrons. The molecule has 24 heavy (non-hydrogen) atoms. The molecule has 2 aliphatic heterocycles. The molecule has 132 valence electrons. The number of likely N-dealkylation sites (tertiary alicyclic amines) is 1. The minimum absolute atomic E-state index is 0.0619. The number of benzene rings is 1. The van der Waals surface area contributed by atoms with E-state index in [2.05, 4.69) is 5.32 Å². The van der Waals surface area contributed by atoms with E-state index >= 15 is 0 Å². The van der Waals surface area contributed by atoms with Gasteiger partial charge in [-0.1, -0.05) is 0 Å². The number of phenolic OH excluding ortho intramolecular Hbond substituents is 2. The van der Waals surface area contributed by atoms with E-state index in [1.807, 2.05) is 18.7 Å². The first-order chi connectivity index (χ1) is 11.2. The maximum absolute atomic E-state index is 12.7. The van der Waals surface area contributed by atoms with Gasteiger partial charge in [-0.2, -0.15) is 0 Å². The summed E-state index contributed by atoms with van der Waals surface area (Å²) in [5.74, 6) is 0.182. The van der Waals surface area contributed by atoms with Crippen LogP contribution in [0.25, 0.3) is 0 Å². The van der Waals surface area contributed by atoms with Crippen LogP contribution in [0.1, 0.15) is 38.7 Å². The van der Waals surface area contributed by atoms with E-state index in [4.69, 9.17) is 0 Å². The summed E-state index contributed by atoms with van der Waals surface area (Å²) in [6.07, 6.45) is 3.11. The maximum Gasteiger partial charge on any atom is 0.245 e. The number of hydrogen-bond donors (Lipinski definition) is 4. The number of hydrogen-bond acceptors (Lipinski definition) is 5. The average molecular weight is 334 g/mol. The van der Waals surface area contributed by atoms with Gasteiger partial charge in [-0.05, 0) is 50.7 Å². The molecule has 4 N–H and O–H groups in total. The molecule has 2 heterocycles. The Morgan fingerprint density at radius 1 is 1.25 bits per heavy atom. The number of aliphatic hydroxyl groups is 1. The number of phenols is 2. The maximum atomic E-state index is 12.7. The molecule has 1 amide bonds. The molecule has 1 saturated heterocycles. The summed E-state index contributed by atoms with van der Waals surface area (Å²) in [4.78, 5) is 14.6. The monoisotopic (exact) mass is 334 g/mol. The van der Waals surface area contributed by atoms with Gasteiger partial charge in [0, 0.05) is 31.3 Å². The second-order valence-electron chi connectivity index (χ2n) is 7.68. The van der Waals surface area contributed by atoms with Gasteiger partial charge in [0.15, 0.2) is 11.5 Å². The first kappa shape index (κ1) is 16.9. The van der Waals surface area contributed by atoms with Crippen molar-refractivity contribution >= 4 is 11.6 Å². The molecular weight excluding hydrogens is 308 g/mol. The number of aromatic hydroxyl groups is 2.